The van der Waals surface area contributed by atoms with Crippen molar-refractivity contribution in [1.82, 2.24) is 0 Å². The van der Waals surface area contributed by atoms with Crippen LogP contribution in [0.4, 0.5) is 0 Å². The first-order valence-corrected chi connectivity index (χ1v) is 27.5. The zero-order valence-corrected chi connectivity index (χ0v) is 45.5. The monoisotopic (exact) mass is 1040 g/mol. The Labute approximate surface area is 450 Å². The molecule has 12 heteroatoms. The molecule has 0 aromatic heterocycles. The number of allylic oxidation sites excluding steroid dienone is 25. The van der Waals surface area contributed by atoms with E-state index in [1.165, 1.54) is 0 Å². The second kappa shape index (κ2) is 49.2. The number of aliphatic carboxylic acids is 1. The quantitative estimate of drug-likeness (QED) is 0.0228. The average molecular weight is 1040 g/mol. The molecule has 1 aliphatic rings. The van der Waals surface area contributed by atoms with E-state index in [1.54, 1.807) is 12.2 Å². The van der Waals surface area contributed by atoms with Crippen molar-refractivity contribution in [3.05, 3.63) is 158 Å². The summed E-state index contributed by atoms with van der Waals surface area (Å²) in [6.07, 6.45) is 59.7. The summed E-state index contributed by atoms with van der Waals surface area (Å²) < 4.78 is 28.1. The number of carboxylic acid groups (broad SMARTS) is 1. The molecule has 0 saturated carbocycles. The topological polar surface area (TPSA) is 175 Å². The van der Waals surface area contributed by atoms with E-state index in [0.717, 1.165) is 96.3 Å². The summed E-state index contributed by atoms with van der Waals surface area (Å²) in [5, 5.41) is 31.4. The summed E-state index contributed by atoms with van der Waals surface area (Å²) >= 11 is 0. The van der Waals surface area contributed by atoms with Gasteiger partial charge in [-0.25, -0.2) is 4.79 Å². The third-order valence-corrected chi connectivity index (χ3v) is 11.1. The lowest BCUT2D eigenvalue weighted by Crippen LogP contribution is -2.61. The number of carbonyl (C=O) groups is 4. The van der Waals surface area contributed by atoms with Crippen LogP contribution in [-0.2, 0) is 42.9 Å². The van der Waals surface area contributed by atoms with Crippen molar-refractivity contribution in [2.24, 2.45) is 0 Å². The van der Waals surface area contributed by atoms with Gasteiger partial charge in [-0.05, 0) is 116 Å². The van der Waals surface area contributed by atoms with Crippen molar-refractivity contribution in [3.63, 3.8) is 0 Å². The molecule has 1 rings (SSSR count). The van der Waals surface area contributed by atoms with E-state index < -0.39 is 67.3 Å². The minimum Gasteiger partial charge on any atom is -0.479 e. The van der Waals surface area contributed by atoms with Crippen LogP contribution in [0.3, 0.4) is 0 Å². The molecule has 0 aromatic rings. The van der Waals surface area contributed by atoms with E-state index in [-0.39, 0.29) is 25.9 Å². The number of hydrogen-bond acceptors (Lipinski definition) is 11. The first-order chi connectivity index (χ1) is 36.6. The van der Waals surface area contributed by atoms with Crippen LogP contribution < -0.4 is 0 Å². The second-order valence-electron chi connectivity index (χ2n) is 17.7. The summed E-state index contributed by atoms with van der Waals surface area (Å²) in [7, 11) is 0. The summed E-state index contributed by atoms with van der Waals surface area (Å²) in [4.78, 5) is 50.9. The number of rotatable bonds is 43. The highest BCUT2D eigenvalue weighted by Crippen LogP contribution is 2.26. The summed E-state index contributed by atoms with van der Waals surface area (Å²) in [5.74, 6) is -3.44. The van der Waals surface area contributed by atoms with Crippen LogP contribution >= 0.6 is 0 Å². The van der Waals surface area contributed by atoms with Gasteiger partial charge in [0.15, 0.2) is 24.6 Å². The summed E-state index contributed by atoms with van der Waals surface area (Å²) in [5.41, 5.74) is 0. The normalized spacial score (nSPS) is 19.4. The average Bonchev–Trinajstić information content (AvgIpc) is 3.39. The van der Waals surface area contributed by atoms with Crippen LogP contribution in [0.5, 0.6) is 0 Å². The molecule has 1 aliphatic heterocycles. The van der Waals surface area contributed by atoms with Gasteiger partial charge in [0.1, 0.15) is 18.8 Å². The Morgan fingerprint density at radius 1 is 0.453 bits per heavy atom. The molecule has 1 fully saturated rings. The van der Waals surface area contributed by atoms with Crippen molar-refractivity contribution < 1.29 is 58.2 Å². The van der Waals surface area contributed by atoms with Gasteiger partial charge in [0, 0.05) is 12.8 Å². The van der Waals surface area contributed by atoms with E-state index in [1.807, 2.05) is 24.3 Å². The zero-order chi connectivity index (χ0) is 54.7. The van der Waals surface area contributed by atoms with Gasteiger partial charge in [-0.15, -0.1) is 0 Å². The number of aliphatic hydroxyl groups is 2. The highest BCUT2D eigenvalue weighted by molar-refractivity contribution is 5.74. The Bertz CT molecular complexity index is 1910. The Balaban J connectivity index is 2.83. The molecule has 1 heterocycles. The minimum atomic E-state index is -1.96. The molecule has 12 nitrogen and oxygen atoms in total. The molecule has 0 spiro atoms. The predicted molar refractivity (Wildman–Crippen MR) is 302 cm³/mol. The lowest BCUT2D eigenvalue weighted by Gasteiger charge is -2.40. The number of unbranched alkanes of at least 4 members (excludes halogenated alkanes) is 4. The number of ether oxygens (including phenoxy) is 5. The first kappa shape index (κ1) is 67.4. The lowest BCUT2D eigenvalue weighted by molar-refractivity contribution is -0.301. The lowest BCUT2D eigenvalue weighted by atomic mass is 9.98. The maximum Gasteiger partial charge on any atom is 0.335 e. The second-order valence-corrected chi connectivity index (χ2v) is 17.7. The van der Waals surface area contributed by atoms with Crippen LogP contribution in [-0.4, -0.2) is 89.2 Å². The molecule has 0 bridgehead atoms. The van der Waals surface area contributed by atoms with E-state index in [2.05, 4.69) is 142 Å². The van der Waals surface area contributed by atoms with E-state index in [4.69, 9.17) is 23.7 Å². The van der Waals surface area contributed by atoms with Crippen molar-refractivity contribution in [2.45, 2.75) is 199 Å². The predicted octanol–water partition coefficient (Wildman–Crippen LogP) is 13.8. The van der Waals surface area contributed by atoms with Crippen LogP contribution in [0.2, 0.25) is 0 Å². The SMILES string of the molecule is CC/C=C\C/C=C\C/C=C\C/C=C\C/C=C\CCCC(=O)OCC(COC1OC(C(=O)O)C(O)C(O)C1OC(=O)C/C=C\C/C=C\C/C=C\C/C=C\C/C=C\CC)OC(=O)CCCCC/C=C\C/C=C\C/C=C\CC. The zero-order valence-electron chi connectivity index (χ0n) is 45.5. The van der Waals surface area contributed by atoms with Crippen LogP contribution in [0.15, 0.2) is 158 Å². The molecular formula is C63H92O12. The molecule has 6 unspecified atom stereocenters. The molecule has 6 atom stereocenters. The number of hydrogen-bond donors (Lipinski definition) is 3. The summed E-state index contributed by atoms with van der Waals surface area (Å²) in [6, 6.07) is 0. The summed E-state index contributed by atoms with van der Waals surface area (Å²) in [6.45, 7) is 5.49. The molecule has 0 aliphatic carbocycles. The molecule has 3 N–H and O–H groups in total. The number of aliphatic hydroxyl groups excluding tert-OH is 2. The molecule has 75 heavy (non-hydrogen) atoms. The van der Waals surface area contributed by atoms with Crippen LogP contribution in [0.1, 0.15) is 162 Å². The smallest absolute Gasteiger partial charge is 0.335 e. The van der Waals surface area contributed by atoms with Gasteiger partial charge in [0.05, 0.1) is 13.0 Å². The number of carboxylic acids is 1. The molecule has 416 valence electrons. The number of carbonyl (C=O) groups excluding carboxylic acids is 3. The van der Waals surface area contributed by atoms with Crippen molar-refractivity contribution in [1.29, 1.82) is 0 Å². The largest absolute Gasteiger partial charge is 0.479 e. The molecule has 0 aromatic carbocycles. The highest BCUT2D eigenvalue weighted by atomic mass is 16.7. The van der Waals surface area contributed by atoms with Gasteiger partial charge in [-0.2, -0.15) is 0 Å². The van der Waals surface area contributed by atoms with E-state index in [9.17, 15) is 34.5 Å². The minimum absolute atomic E-state index is 0.0946. The Morgan fingerprint density at radius 2 is 0.853 bits per heavy atom. The molecular weight excluding hydrogens is 949 g/mol. The van der Waals surface area contributed by atoms with Crippen LogP contribution in [0, 0.1) is 0 Å². The fraction of sp³-hybridized carbons (Fsp3) is 0.524. The fourth-order valence-corrected chi connectivity index (χ4v) is 7.02. The van der Waals surface area contributed by atoms with Crippen molar-refractivity contribution >= 4 is 23.9 Å². The van der Waals surface area contributed by atoms with Gasteiger partial charge in [-0.3, -0.25) is 14.4 Å². The molecule has 0 radical (unpaired) electrons. The Morgan fingerprint density at radius 3 is 1.29 bits per heavy atom. The third-order valence-electron chi connectivity index (χ3n) is 11.1. The fourth-order valence-electron chi connectivity index (χ4n) is 7.02. The Hall–Kier alpha value is -5.66. The maximum atomic E-state index is 13.1. The van der Waals surface area contributed by atoms with Crippen LogP contribution in [0.25, 0.3) is 0 Å². The van der Waals surface area contributed by atoms with Gasteiger partial charge in [0.2, 0.25) is 0 Å². The Kier molecular flexibility index (Phi) is 44.2. The molecule has 0 amide bonds. The van der Waals surface area contributed by atoms with Crippen molar-refractivity contribution in [3.8, 4) is 0 Å². The van der Waals surface area contributed by atoms with Crippen molar-refractivity contribution in [2.75, 3.05) is 13.2 Å². The van der Waals surface area contributed by atoms with Gasteiger partial charge in [0.25, 0.3) is 0 Å². The first-order valence-electron chi connectivity index (χ1n) is 27.5. The molecule has 1 saturated heterocycles. The number of esters is 3. The van der Waals surface area contributed by atoms with Gasteiger partial charge < -0.3 is 39.0 Å². The van der Waals surface area contributed by atoms with E-state index in [0.29, 0.717) is 25.7 Å². The maximum absolute atomic E-state index is 13.1. The highest BCUT2D eigenvalue weighted by Gasteiger charge is 2.50. The third kappa shape index (κ3) is 39.4. The van der Waals surface area contributed by atoms with Gasteiger partial charge in [-0.1, -0.05) is 185 Å². The van der Waals surface area contributed by atoms with Gasteiger partial charge >= 0.3 is 23.9 Å². The standard InChI is InChI=1S/C63H92O12/c1-4-7-10-13-16-19-22-25-27-28-30-32-34-37-40-43-46-49-55(64)71-52-54(73-56(65)50-47-44-41-38-35-31-24-21-18-15-12-9-6-3)53-72-63-61(59(68)58(67)60(75-63)62(69)70)74-57(66)51-48-45-42-39-36-33-29-26-23-20-17-14-11-8-5-2/h7-12,16-21,25-27,29-32,35-37,39-40,45,48,54,58-61,63,67-68H,4-6,13-15,22-24,28,33-34,38,41-44,46-47,49-53H2,1-3H3,(H,69,70)/b10-7-,11-8-,12-9-,19-16-,20-17-,21-18-,27-25-,29-26-,32-30-,35-31-,39-36-,40-37-,48-45-. The van der Waals surface area contributed by atoms with E-state index >= 15 is 0 Å².